The monoisotopic (exact) mass is 344 g/mol. The number of nitrogens with zero attached hydrogens (tertiary/aromatic N) is 1. The molecule has 1 aromatic heterocycles. The molecule has 1 aromatic carbocycles. The highest BCUT2D eigenvalue weighted by atomic mass is 16.2. The van der Waals surface area contributed by atoms with Crippen molar-refractivity contribution >= 4 is 11.4 Å². The average Bonchev–Trinajstić information content (AvgIpc) is 2.89. The van der Waals surface area contributed by atoms with Gasteiger partial charge in [0.15, 0.2) is 5.78 Å². The third-order valence-corrected chi connectivity index (χ3v) is 3.76. The fourth-order valence-electron chi connectivity index (χ4n) is 2.28. The summed E-state index contributed by atoms with van der Waals surface area (Å²) in [5, 5.41) is 2.86. The fraction of sp³-hybridized carbons (Fsp3) is 0.429. The summed E-state index contributed by atoms with van der Waals surface area (Å²) in [5.41, 5.74) is 4.40. The smallest absolute Gasteiger partial charge is 0.277 e. The molecule has 0 unspecified atom stereocenters. The topological polar surface area (TPSA) is 54.9 Å². The van der Waals surface area contributed by atoms with E-state index in [-0.39, 0.29) is 16.9 Å². The van der Waals surface area contributed by atoms with E-state index in [1.807, 2.05) is 66.7 Å². The summed E-state index contributed by atoms with van der Waals surface area (Å²) in [6.45, 7) is 15.8. The molecule has 4 nitrogen and oxygen atoms in total. The second kappa shape index (κ2) is 10.5. The van der Waals surface area contributed by atoms with Crippen LogP contribution >= 0.6 is 0 Å². The molecule has 0 saturated heterocycles. The van der Waals surface area contributed by atoms with Crippen LogP contribution in [0.5, 0.6) is 0 Å². The zero-order valence-corrected chi connectivity index (χ0v) is 17.1. The van der Waals surface area contributed by atoms with Gasteiger partial charge in [-0.25, -0.2) is 0 Å². The minimum absolute atomic E-state index is 0.213. The lowest BCUT2D eigenvalue weighted by Gasteiger charge is -2.06. The number of hydrogen-bond donors (Lipinski definition) is 1. The summed E-state index contributed by atoms with van der Waals surface area (Å²) in [5.74, 6) is -0.238. The molecule has 0 radical (unpaired) electrons. The Labute approximate surface area is 151 Å². The van der Waals surface area contributed by atoms with Gasteiger partial charge in [0.25, 0.3) is 5.56 Å². The molecule has 0 saturated carbocycles. The maximum absolute atomic E-state index is 12.6. The lowest BCUT2D eigenvalue weighted by atomic mass is 9.97. The van der Waals surface area contributed by atoms with Crippen LogP contribution in [0, 0.1) is 6.92 Å². The standard InChI is InChI=1S/C17H20N2O2.2C2H6/c1-10(2)11(3)13-7-6-8-14(9-13)16(20)15-12(4)18-19(5)17(15)21;2*1-2/h6-9,18H,1-5H3;2*1-2H3. The summed E-state index contributed by atoms with van der Waals surface area (Å²) in [4.78, 5) is 24.6. The van der Waals surface area contributed by atoms with Gasteiger partial charge in [0, 0.05) is 18.3 Å². The molecule has 138 valence electrons. The number of aryl methyl sites for hydroxylation is 2. The summed E-state index contributed by atoms with van der Waals surface area (Å²) in [6.07, 6.45) is 0. The van der Waals surface area contributed by atoms with Crippen molar-refractivity contribution in [2.24, 2.45) is 7.05 Å². The molecule has 2 aromatic rings. The Bertz CT molecular complexity index is 788. The van der Waals surface area contributed by atoms with Gasteiger partial charge in [-0.2, -0.15) is 0 Å². The predicted molar refractivity (Wildman–Crippen MR) is 107 cm³/mol. The van der Waals surface area contributed by atoms with E-state index in [1.165, 1.54) is 10.3 Å². The first-order valence-electron chi connectivity index (χ1n) is 8.87. The van der Waals surface area contributed by atoms with E-state index in [9.17, 15) is 9.59 Å². The lowest BCUT2D eigenvalue weighted by Crippen LogP contribution is -2.19. The molecule has 0 aliphatic heterocycles. The van der Waals surface area contributed by atoms with Gasteiger partial charge in [-0.3, -0.25) is 19.4 Å². The number of rotatable bonds is 3. The molecule has 0 fully saturated rings. The van der Waals surface area contributed by atoms with Gasteiger partial charge in [0.05, 0.1) is 0 Å². The highest BCUT2D eigenvalue weighted by molar-refractivity contribution is 6.09. The van der Waals surface area contributed by atoms with Gasteiger partial charge in [0.1, 0.15) is 5.56 Å². The fourth-order valence-corrected chi connectivity index (χ4v) is 2.28. The second-order valence-electron chi connectivity index (χ2n) is 5.51. The number of ketones is 1. The normalized spacial score (nSPS) is 9.32. The average molecular weight is 344 g/mol. The Kier molecular flexibility index (Phi) is 9.50. The first-order chi connectivity index (χ1) is 11.8. The quantitative estimate of drug-likeness (QED) is 0.786. The minimum Gasteiger partial charge on any atom is -0.299 e. The predicted octanol–water partition coefficient (Wildman–Crippen LogP) is 5.12. The first-order valence-corrected chi connectivity index (χ1v) is 8.87. The molecule has 0 amide bonds. The second-order valence-corrected chi connectivity index (χ2v) is 5.51. The van der Waals surface area contributed by atoms with Gasteiger partial charge < -0.3 is 0 Å². The van der Waals surface area contributed by atoms with Gasteiger partial charge in [-0.15, -0.1) is 0 Å². The zero-order valence-electron chi connectivity index (χ0n) is 17.1. The van der Waals surface area contributed by atoms with E-state index in [2.05, 4.69) is 5.10 Å². The number of aromatic amines is 1. The van der Waals surface area contributed by atoms with Gasteiger partial charge >= 0.3 is 0 Å². The Morgan fingerprint density at radius 1 is 1.00 bits per heavy atom. The number of benzene rings is 1. The summed E-state index contributed by atoms with van der Waals surface area (Å²) in [6, 6.07) is 7.41. The summed E-state index contributed by atoms with van der Waals surface area (Å²) in [7, 11) is 1.61. The maximum atomic E-state index is 12.6. The van der Waals surface area contributed by atoms with Crippen LogP contribution in [0.4, 0.5) is 0 Å². The van der Waals surface area contributed by atoms with Gasteiger partial charge in [0.2, 0.25) is 0 Å². The Morgan fingerprint density at radius 3 is 1.96 bits per heavy atom. The molecule has 25 heavy (non-hydrogen) atoms. The Balaban J connectivity index is 0.00000134. The van der Waals surface area contributed by atoms with E-state index in [0.717, 1.165) is 11.1 Å². The first kappa shape index (κ1) is 22.6. The van der Waals surface area contributed by atoms with Crippen molar-refractivity contribution in [2.45, 2.75) is 55.4 Å². The molecular weight excluding hydrogens is 312 g/mol. The molecule has 0 aliphatic rings. The van der Waals surface area contributed by atoms with Crippen molar-refractivity contribution in [3.63, 3.8) is 0 Å². The largest absolute Gasteiger partial charge is 0.299 e. The number of hydrogen-bond acceptors (Lipinski definition) is 2. The Hall–Kier alpha value is -2.36. The van der Waals surface area contributed by atoms with Crippen molar-refractivity contribution in [2.75, 3.05) is 0 Å². The lowest BCUT2D eigenvalue weighted by molar-refractivity contribution is 0.103. The zero-order chi connectivity index (χ0) is 19.7. The third-order valence-electron chi connectivity index (χ3n) is 3.76. The van der Waals surface area contributed by atoms with Crippen LogP contribution in [0.2, 0.25) is 0 Å². The number of allylic oxidation sites excluding steroid dienone is 2. The third kappa shape index (κ3) is 5.31. The van der Waals surface area contributed by atoms with E-state index in [1.54, 1.807) is 20.0 Å². The number of H-pyrrole nitrogens is 1. The molecule has 1 heterocycles. The van der Waals surface area contributed by atoms with Crippen LogP contribution < -0.4 is 5.56 Å². The summed E-state index contributed by atoms with van der Waals surface area (Å²) < 4.78 is 1.33. The van der Waals surface area contributed by atoms with Crippen molar-refractivity contribution < 1.29 is 4.79 Å². The number of aromatic nitrogens is 2. The van der Waals surface area contributed by atoms with Crippen LogP contribution in [0.1, 0.15) is 75.6 Å². The van der Waals surface area contributed by atoms with Crippen LogP contribution in [0.15, 0.2) is 34.6 Å². The van der Waals surface area contributed by atoms with Crippen LogP contribution in [-0.2, 0) is 7.05 Å². The summed E-state index contributed by atoms with van der Waals surface area (Å²) >= 11 is 0. The number of carbonyl (C=O) groups excluding carboxylic acids is 1. The molecule has 1 N–H and O–H groups in total. The molecule has 4 heteroatoms. The van der Waals surface area contributed by atoms with E-state index in [4.69, 9.17) is 0 Å². The highest BCUT2D eigenvalue weighted by Crippen LogP contribution is 2.20. The van der Waals surface area contributed by atoms with Crippen LogP contribution in [-0.4, -0.2) is 15.6 Å². The van der Waals surface area contributed by atoms with E-state index < -0.39 is 0 Å². The highest BCUT2D eigenvalue weighted by Gasteiger charge is 2.19. The minimum atomic E-state index is -0.290. The van der Waals surface area contributed by atoms with Gasteiger partial charge in [-0.05, 0) is 44.9 Å². The van der Waals surface area contributed by atoms with Gasteiger partial charge in [-0.1, -0.05) is 51.5 Å². The molecule has 0 spiro atoms. The van der Waals surface area contributed by atoms with Crippen molar-refractivity contribution in [3.8, 4) is 0 Å². The SMILES string of the molecule is CC.CC.CC(C)=C(C)c1cccc(C(=O)c2c(C)[nH]n(C)c2=O)c1. The molecule has 2 rings (SSSR count). The van der Waals surface area contributed by atoms with Crippen LogP contribution in [0.3, 0.4) is 0 Å². The Morgan fingerprint density at radius 2 is 1.52 bits per heavy atom. The number of nitrogens with one attached hydrogen (secondary N) is 1. The van der Waals surface area contributed by atoms with Crippen molar-refractivity contribution in [1.82, 2.24) is 9.78 Å². The molecule has 0 atom stereocenters. The van der Waals surface area contributed by atoms with E-state index in [0.29, 0.717) is 11.3 Å². The van der Waals surface area contributed by atoms with Crippen molar-refractivity contribution in [1.29, 1.82) is 0 Å². The van der Waals surface area contributed by atoms with Crippen LogP contribution in [0.25, 0.3) is 5.57 Å². The maximum Gasteiger partial charge on any atom is 0.277 e. The molecular formula is C21H32N2O2. The molecule has 0 aliphatic carbocycles. The van der Waals surface area contributed by atoms with E-state index >= 15 is 0 Å². The van der Waals surface area contributed by atoms with Crippen molar-refractivity contribution in [3.05, 3.63) is 62.6 Å². The molecule has 0 bridgehead atoms. The number of carbonyl (C=O) groups is 1.